The highest BCUT2D eigenvalue weighted by Gasteiger charge is 2.28. The summed E-state index contributed by atoms with van der Waals surface area (Å²) in [5.41, 5.74) is 1.25. The molecule has 2 N–H and O–H groups in total. The van der Waals surface area contributed by atoms with Crippen LogP contribution in [0.15, 0.2) is 47.4 Å². The zero-order chi connectivity index (χ0) is 21.2. The van der Waals surface area contributed by atoms with Gasteiger partial charge in [0.15, 0.2) is 6.61 Å². The molecule has 0 spiro atoms. The molecule has 0 radical (unpaired) electrons. The maximum Gasteiger partial charge on any atom is 0.341 e. The second kappa shape index (κ2) is 7.91. The van der Waals surface area contributed by atoms with E-state index in [1.807, 2.05) is 0 Å². The quantitative estimate of drug-likeness (QED) is 0.671. The van der Waals surface area contributed by atoms with Gasteiger partial charge < -0.3 is 9.84 Å². The second-order valence-corrected chi connectivity index (χ2v) is 10.2. The molecule has 1 saturated heterocycles. The van der Waals surface area contributed by atoms with Gasteiger partial charge in [0.1, 0.15) is 5.75 Å². The van der Waals surface area contributed by atoms with E-state index in [2.05, 4.69) is 4.72 Å². The number of aliphatic carboxylic acids is 1. The number of aryl methyl sites for hydroxylation is 1. The summed E-state index contributed by atoms with van der Waals surface area (Å²) in [6, 6.07) is 10.2. The summed E-state index contributed by atoms with van der Waals surface area (Å²) in [4.78, 5) is 10.6. The third-order valence-corrected chi connectivity index (χ3v) is 7.56. The van der Waals surface area contributed by atoms with Gasteiger partial charge in [-0.3, -0.25) is 9.03 Å². The summed E-state index contributed by atoms with van der Waals surface area (Å²) in [5.74, 6) is -0.747. The maximum atomic E-state index is 12.6. The van der Waals surface area contributed by atoms with Crippen molar-refractivity contribution in [3.63, 3.8) is 0 Å². The molecule has 1 fully saturated rings. The van der Waals surface area contributed by atoms with Crippen molar-refractivity contribution in [2.75, 3.05) is 27.9 Å². The largest absolute Gasteiger partial charge is 0.482 e. The summed E-state index contributed by atoms with van der Waals surface area (Å²) in [6.07, 6.45) is 0.558. The van der Waals surface area contributed by atoms with Crippen LogP contribution in [0.4, 0.5) is 11.4 Å². The molecule has 0 bridgehead atoms. The molecule has 0 aliphatic carbocycles. The van der Waals surface area contributed by atoms with Crippen molar-refractivity contribution < 1.29 is 31.5 Å². The zero-order valence-corrected chi connectivity index (χ0v) is 17.2. The van der Waals surface area contributed by atoms with Crippen LogP contribution in [-0.2, 0) is 24.8 Å². The lowest BCUT2D eigenvalue weighted by Crippen LogP contribution is -2.25. The number of carbonyl (C=O) groups is 1. The van der Waals surface area contributed by atoms with E-state index >= 15 is 0 Å². The van der Waals surface area contributed by atoms with Gasteiger partial charge in [-0.25, -0.2) is 21.6 Å². The van der Waals surface area contributed by atoms with Crippen molar-refractivity contribution in [2.24, 2.45) is 0 Å². The molecule has 9 nitrogen and oxygen atoms in total. The Morgan fingerprint density at radius 3 is 2.45 bits per heavy atom. The second-order valence-electron chi connectivity index (χ2n) is 6.50. The minimum Gasteiger partial charge on any atom is -0.482 e. The molecule has 1 aliphatic rings. The highest BCUT2D eigenvalue weighted by molar-refractivity contribution is 7.93. The molecule has 2 aromatic carbocycles. The molecule has 0 amide bonds. The van der Waals surface area contributed by atoms with Crippen molar-refractivity contribution in [1.29, 1.82) is 0 Å². The zero-order valence-electron chi connectivity index (χ0n) is 15.5. The molecule has 1 aliphatic heterocycles. The Kier molecular flexibility index (Phi) is 5.71. The van der Waals surface area contributed by atoms with Gasteiger partial charge >= 0.3 is 5.97 Å². The molecule has 0 saturated carbocycles. The fourth-order valence-electron chi connectivity index (χ4n) is 2.93. The van der Waals surface area contributed by atoms with E-state index in [1.165, 1.54) is 34.6 Å². The summed E-state index contributed by atoms with van der Waals surface area (Å²) >= 11 is 0. The first kappa shape index (κ1) is 20.9. The lowest BCUT2D eigenvalue weighted by Gasteiger charge is -2.17. The number of anilines is 2. The number of carboxylic acid groups (broad SMARTS) is 1. The lowest BCUT2D eigenvalue weighted by atomic mass is 10.2. The predicted octanol–water partition coefficient (Wildman–Crippen LogP) is 1.80. The van der Waals surface area contributed by atoms with Gasteiger partial charge in [-0.15, -0.1) is 0 Å². The first-order chi connectivity index (χ1) is 13.6. The lowest BCUT2D eigenvalue weighted by molar-refractivity contribution is -0.139. The van der Waals surface area contributed by atoms with Crippen molar-refractivity contribution >= 4 is 37.4 Å². The van der Waals surface area contributed by atoms with Gasteiger partial charge in [-0.1, -0.05) is 0 Å². The van der Waals surface area contributed by atoms with Crippen LogP contribution in [0, 0.1) is 6.92 Å². The fraction of sp³-hybridized carbons (Fsp3) is 0.278. The minimum absolute atomic E-state index is 0.0103. The molecule has 2 aromatic rings. The van der Waals surface area contributed by atoms with Gasteiger partial charge in [-0.2, -0.15) is 0 Å². The van der Waals surface area contributed by atoms with E-state index in [9.17, 15) is 21.6 Å². The van der Waals surface area contributed by atoms with Gasteiger partial charge in [0.2, 0.25) is 10.0 Å². The van der Waals surface area contributed by atoms with Crippen LogP contribution in [0.1, 0.15) is 12.0 Å². The van der Waals surface area contributed by atoms with Crippen LogP contribution in [0.25, 0.3) is 0 Å². The Bertz CT molecular complexity index is 1130. The highest BCUT2D eigenvalue weighted by Crippen LogP contribution is 2.27. The van der Waals surface area contributed by atoms with E-state index in [4.69, 9.17) is 9.84 Å². The molecule has 0 aromatic heterocycles. The normalized spacial score (nSPS) is 15.8. The SMILES string of the molecule is Cc1cc(S(=O)(=O)Nc2ccc(N3CCCS3(=O)=O)cc2)ccc1OCC(=O)O. The number of hydrogen-bond donors (Lipinski definition) is 2. The number of sulfonamides is 2. The number of carboxylic acids is 1. The van der Waals surface area contributed by atoms with Crippen molar-refractivity contribution in [3.05, 3.63) is 48.0 Å². The van der Waals surface area contributed by atoms with Crippen LogP contribution < -0.4 is 13.8 Å². The number of nitrogens with zero attached hydrogens (tertiary/aromatic N) is 1. The number of benzene rings is 2. The van der Waals surface area contributed by atoms with Gasteiger partial charge in [0, 0.05) is 12.2 Å². The van der Waals surface area contributed by atoms with Gasteiger partial charge in [0.05, 0.1) is 16.3 Å². The van der Waals surface area contributed by atoms with Crippen molar-refractivity contribution in [3.8, 4) is 5.75 Å². The summed E-state index contributed by atoms with van der Waals surface area (Å²) < 4.78 is 58.0. The van der Waals surface area contributed by atoms with Crippen LogP contribution in [-0.4, -0.2) is 46.8 Å². The highest BCUT2D eigenvalue weighted by atomic mass is 32.2. The predicted molar refractivity (Wildman–Crippen MR) is 107 cm³/mol. The monoisotopic (exact) mass is 440 g/mol. The summed E-state index contributed by atoms with van der Waals surface area (Å²) in [5, 5.41) is 8.66. The third kappa shape index (κ3) is 4.80. The topological polar surface area (TPSA) is 130 Å². The van der Waals surface area contributed by atoms with E-state index in [0.717, 1.165) is 0 Å². The molecule has 3 rings (SSSR count). The number of rotatable bonds is 7. The van der Waals surface area contributed by atoms with E-state index < -0.39 is 32.6 Å². The van der Waals surface area contributed by atoms with Gasteiger partial charge in [-0.05, 0) is 61.4 Å². The first-order valence-electron chi connectivity index (χ1n) is 8.67. The maximum absolute atomic E-state index is 12.6. The van der Waals surface area contributed by atoms with E-state index in [0.29, 0.717) is 24.2 Å². The number of ether oxygens (including phenoxy) is 1. The van der Waals surface area contributed by atoms with Crippen LogP contribution in [0.2, 0.25) is 0 Å². The van der Waals surface area contributed by atoms with Crippen LogP contribution >= 0.6 is 0 Å². The Balaban J connectivity index is 1.75. The molecule has 1 heterocycles. The van der Waals surface area contributed by atoms with E-state index in [1.54, 1.807) is 19.1 Å². The number of nitrogens with one attached hydrogen (secondary N) is 1. The number of hydrogen-bond acceptors (Lipinski definition) is 6. The fourth-order valence-corrected chi connectivity index (χ4v) is 5.64. The van der Waals surface area contributed by atoms with Crippen LogP contribution in [0.5, 0.6) is 5.75 Å². The van der Waals surface area contributed by atoms with E-state index in [-0.39, 0.29) is 22.1 Å². The van der Waals surface area contributed by atoms with Gasteiger partial charge in [0.25, 0.3) is 10.0 Å². The molecule has 156 valence electrons. The third-order valence-electron chi connectivity index (χ3n) is 4.31. The summed E-state index contributed by atoms with van der Waals surface area (Å²) in [6.45, 7) is 1.49. The first-order valence-corrected chi connectivity index (χ1v) is 11.8. The Hall–Kier alpha value is -2.79. The molecular weight excluding hydrogens is 420 g/mol. The smallest absolute Gasteiger partial charge is 0.341 e. The molecule has 29 heavy (non-hydrogen) atoms. The Morgan fingerprint density at radius 1 is 1.21 bits per heavy atom. The van der Waals surface area contributed by atoms with Crippen molar-refractivity contribution in [2.45, 2.75) is 18.2 Å². The molecule has 11 heteroatoms. The standard InChI is InChI=1S/C18H20N2O7S2/c1-13-11-16(7-8-17(13)27-12-18(21)22)29(25,26)19-14-3-5-15(6-4-14)20-9-2-10-28(20,23)24/h3-8,11,19H,2,9-10,12H2,1H3,(H,21,22). The minimum atomic E-state index is -3.89. The summed E-state index contributed by atoms with van der Waals surface area (Å²) in [7, 11) is -7.20. The molecular formula is C18H20N2O7S2. The average molecular weight is 440 g/mol. The molecule has 0 atom stereocenters. The Labute approximate surface area is 169 Å². The molecule has 0 unspecified atom stereocenters. The average Bonchev–Trinajstić information content (AvgIpc) is 3.00. The Morgan fingerprint density at radius 2 is 1.90 bits per heavy atom. The van der Waals surface area contributed by atoms with Crippen molar-refractivity contribution in [1.82, 2.24) is 0 Å². The van der Waals surface area contributed by atoms with Crippen LogP contribution in [0.3, 0.4) is 0 Å².